The molecule has 0 N–H and O–H groups in total. The average molecular weight is 233 g/mol. The number of hydrogen-bond donors (Lipinski definition) is 1. The van der Waals surface area contributed by atoms with Crippen molar-refractivity contribution in [2.24, 2.45) is 5.92 Å². The van der Waals surface area contributed by atoms with Crippen molar-refractivity contribution in [3.63, 3.8) is 0 Å². The van der Waals surface area contributed by atoms with Gasteiger partial charge in [-0.1, -0.05) is 58.3 Å². The van der Waals surface area contributed by atoms with E-state index in [2.05, 4.69) is 39.2 Å². The van der Waals surface area contributed by atoms with Gasteiger partial charge in [-0.2, -0.15) is 12.6 Å². The minimum absolute atomic E-state index is 0.808. The first-order chi connectivity index (χ1) is 6.45. The van der Waals surface area contributed by atoms with Gasteiger partial charge in [0.2, 0.25) is 0 Å². The minimum Gasteiger partial charge on any atom is -0.179 e. The van der Waals surface area contributed by atoms with Gasteiger partial charge in [-0.15, -0.1) is 0 Å². The third-order valence-corrected chi connectivity index (χ3v) is 4.80. The Morgan fingerprint density at radius 3 is 2.07 bits per heavy atom. The highest BCUT2D eigenvalue weighted by molar-refractivity contribution is 7.80. The summed E-state index contributed by atoms with van der Waals surface area (Å²) in [6.07, 6.45) is 6.96. The van der Waals surface area contributed by atoms with Crippen LogP contribution in [0.1, 0.15) is 39.0 Å². The van der Waals surface area contributed by atoms with E-state index in [1.165, 1.54) is 38.1 Å². The number of unbranched alkanes of at least 4 members (excludes halogenated alkanes) is 3. The van der Waals surface area contributed by atoms with Crippen molar-refractivity contribution in [1.29, 1.82) is 0 Å². The van der Waals surface area contributed by atoms with E-state index in [1.54, 1.807) is 0 Å². The van der Waals surface area contributed by atoms with Crippen LogP contribution in [0.4, 0.5) is 0 Å². The summed E-state index contributed by atoms with van der Waals surface area (Å²) >= 11 is 4.23. The summed E-state index contributed by atoms with van der Waals surface area (Å²) in [5.41, 5.74) is 0. The van der Waals surface area contributed by atoms with Gasteiger partial charge in [0, 0.05) is 8.07 Å². The molecule has 0 rings (SSSR count). The topological polar surface area (TPSA) is 0 Å². The third kappa shape index (κ3) is 10.6. The fourth-order valence-electron chi connectivity index (χ4n) is 2.11. The Balaban J connectivity index is 3.31. The summed E-state index contributed by atoms with van der Waals surface area (Å²) in [6, 6.07) is 1.50. The summed E-state index contributed by atoms with van der Waals surface area (Å²) in [6.45, 7) is 9.86. The van der Waals surface area contributed by atoms with E-state index < -0.39 is 8.07 Å². The van der Waals surface area contributed by atoms with Gasteiger partial charge in [0.25, 0.3) is 0 Å². The van der Waals surface area contributed by atoms with Crippen molar-refractivity contribution in [2.75, 3.05) is 5.75 Å². The van der Waals surface area contributed by atoms with Crippen molar-refractivity contribution >= 4 is 20.7 Å². The van der Waals surface area contributed by atoms with Crippen molar-refractivity contribution in [2.45, 2.75) is 64.7 Å². The molecule has 0 bridgehead atoms. The summed E-state index contributed by atoms with van der Waals surface area (Å²) in [4.78, 5) is 0. The van der Waals surface area contributed by atoms with Crippen molar-refractivity contribution in [1.82, 2.24) is 0 Å². The second-order valence-corrected chi connectivity index (χ2v) is 11.8. The lowest BCUT2D eigenvalue weighted by Crippen LogP contribution is -2.22. The molecule has 0 saturated heterocycles. The van der Waals surface area contributed by atoms with Crippen molar-refractivity contribution in [3.05, 3.63) is 0 Å². The summed E-state index contributed by atoms with van der Waals surface area (Å²) in [7, 11) is -0.808. The lowest BCUT2D eigenvalue weighted by molar-refractivity contribution is 0.520. The molecule has 0 fully saturated rings. The second-order valence-electron chi connectivity index (χ2n) is 5.80. The average Bonchev–Trinajstić information content (AvgIpc) is 2.00. The van der Waals surface area contributed by atoms with Crippen LogP contribution in [0.15, 0.2) is 0 Å². The van der Waals surface area contributed by atoms with E-state index in [0.717, 1.165) is 11.7 Å². The van der Waals surface area contributed by atoms with Crippen LogP contribution in [0, 0.1) is 5.92 Å². The highest BCUT2D eigenvalue weighted by Gasteiger charge is 2.16. The third-order valence-electron chi connectivity index (χ3n) is 2.57. The molecule has 0 aliphatic rings. The van der Waals surface area contributed by atoms with Gasteiger partial charge < -0.3 is 0 Å². The van der Waals surface area contributed by atoms with Crippen molar-refractivity contribution < 1.29 is 0 Å². The predicted molar refractivity (Wildman–Crippen MR) is 74.3 cm³/mol. The molecule has 0 nitrogen and oxygen atoms in total. The molecule has 0 aliphatic heterocycles. The molecule has 86 valence electrons. The quantitative estimate of drug-likeness (QED) is 0.345. The molecule has 0 spiro atoms. The molecule has 2 heteroatoms. The summed E-state index contributed by atoms with van der Waals surface area (Å²) < 4.78 is 0. The second kappa shape index (κ2) is 7.81. The monoisotopic (exact) mass is 232 g/mol. The molecule has 1 unspecified atom stereocenters. The molecule has 1 atom stereocenters. The highest BCUT2D eigenvalue weighted by Crippen LogP contribution is 2.21. The fourth-order valence-corrected chi connectivity index (χ4v) is 4.62. The van der Waals surface area contributed by atoms with Gasteiger partial charge in [-0.25, -0.2) is 0 Å². The van der Waals surface area contributed by atoms with E-state index in [-0.39, 0.29) is 0 Å². The van der Waals surface area contributed by atoms with Crippen LogP contribution < -0.4 is 0 Å². The highest BCUT2D eigenvalue weighted by atomic mass is 32.1. The first kappa shape index (κ1) is 14.6. The maximum absolute atomic E-state index is 4.23. The number of thiol groups is 1. The molecule has 0 aliphatic carbocycles. The van der Waals surface area contributed by atoms with Crippen LogP contribution in [0.2, 0.25) is 25.7 Å². The Kier molecular flexibility index (Phi) is 8.12. The maximum Gasteiger partial charge on any atom is 0.0445 e. The Bertz CT molecular complexity index is 129. The van der Waals surface area contributed by atoms with Crippen LogP contribution in [0.3, 0.4) is 0 Å². The predicted octanol–water partition coefficient (Wildman–Crippen LogP) is 4.84. The van der Waals surface area contributed by atoms with E-state index >= 15 is 0 Å². The Morgan fingerprint density at radius 2 is 1.57 bits per heavy atom. The standard InChI is InChI=1S/C12H28SSi/c1-12(11-14(2,3)4)9-7-5-6-8-10-13/h12-13H,5-11H2,1-4H3. The molecule has 0 aromatic rings. The number of rotatable bonds is 8. The summed E-state index contributed by atoms with van der Waals surface area (Å²) in [5, 5.41) is 0. The number of hydrogen-bond acceptors (Lipinski definition) is 1. The minimum atomic E-state index is -0.808. The zero-order valence-electron chi connectivity index (χ0n) is 10.5. The van der Waals surface area contributed by atoms with Crippen LogP contribution in [0.25, 0.3) is 0 Å². The molecule has 0 aromatic carbocycles. The fraction of sp³-hybridized carbons (Fsp3) is 1.00. The van der Waals surface area contributed by atoms with Crippen LogP contribution >= 0.6 is 12.6 Å². The molecular weight excluding hydrogens is 204 g/mol. The van der Waals surface area contributed by atoms with Crippen LogP contribution in [-0.4, -0.2) is 13.8 Å². The van der Waals surface area contributed by atoms with Crippen LogP contribution in [-0.2, 0) is 0 Å². The molecule has 0 saturated carbocycles. The maximum atomic E-state index is 4.23. The van der Waals surface area contributed by atoms with E-state index in [4.69, 9.17) is 0 Å². The Labute approximate surface area is 97.3 Å². The molecular formula is C12H28SSi. The zero-order valence-corrected chi connectivity index (χ0v) is 12.4. The Hall–Kier alpha value is 0.567. The molecule has 14 heavy (non-hydrogen) atoms. The molecule has 0 heterocycles. The van der Waals surface area contributed by atoms with E-state index in [1.807, 2.05) is 0 Å². The zero-order chi connectivity index (χ0) is 11.0. The normalized spacial score (nSPS) is 14.4. The van der Waals surface area contributed by atoms with Gasteiger partial charge in [0.15, 0.2) is 0 Å². The van der Waals surface area contributed by atoms with Gasteiger partial charge in [0.1, 0.15) is 0 Å². The molecule has 0 radical (unpaired) electrons. The molecule has 0 amide bonds. The first-order valence-electron chi connectivity index (χ1n) is 6.06. The van der Waals surface area contributed by atoms with Gasteiger partial charge in [-0.3, -0.25) is 0 Å². The summed E-state index contributed by atoms with van der Waals surface area (Å²) in [5.74, 6) is 2.02. The van der Waals surface area contributed by atoms with Crippen LogP contribution in [0.5, 0.6) is 0 Å². The smallest absolute Gasteiger partial charge is 0.0445 e. The molecule has 0 aromatic heterocycles. The van der Waals surface area contributed by atoms with Gasteiger partial charge >= 0.3 is 0 Å². The van der Waals surface area contributed by atoms with E-state index in [0.29, 0.717) is 0 Å². The van der Waals surface area contributed by atoms with Crippen molar-refractivity contribution in [3.8, 4) is 0 Å². The van der Waals surface area contributed by atoms with Gasteiger partial charge in [0.05, 0.1) is 0 Å². The first-order valence-corrected chi connectivity index (χ1v) is 10.4. The lowest BCUT2D eigenvalue weighted by atomic mass is 10.0. The van der Waals surface area contributed by atoms with Gasteiger partial charge in [-0.05, 0) is 18.1 Å². The Morgan fingerprint density at radius 1 is 1.00 bits per heavy atom. The largest absolute Gasteiger partial charge is 0.179 e. The SMILES string of the molecule is CC(CCCCCCS)C[Si](C)(C)C. The lowest BCUT2D eigenvalue weighted by Gasteiger charge is -2.21. The van der Waals surface area contributed by atoms with E-state index in [9.17, 15) is 0 Å².